The summed E-state index contributed by atoms with van der Waals surface area (Å²) in [5.41, 5.74) is 0.967. The molecule has 0 heterocycles. The maximum absolute atomic E-state index is 11.9. The molecule has 0 aromatic heterocycles. The van der Waals surface area contributed by atoms with Gasteiger partial charge in [-0.05, 0) is 18.2 Å². The molecule has 0 aliphatic heterocycles. The molecule has 0 atom stereocenters. The molecule has 0 aliphatic rings. The van der Waals surface area contributed by atoms with Gasteiger partial charge in [-0.15, -0.1) is 0 Å². The molecule has 0 spiro atoms. The van der Waals surface area contributed by atoms with Gasteiger partial charge in [-0.25, -0.2) is 0 Å². The average molecular weight is 262 g/mol. The van der Waals surface area contributed by atoms with Crippen LogP contribution in [0.3, 0.4) is 0 Å². The molecule has 0 aliphatic carbocycles. The number of hydrogen-bond acceptors (Lipinski definition) is 3. The normalized spacial score (nSPS) is 11.3. The van der Waals surface area contributed by atoms with Crippen molar-refractivity contribution in [3.63, 3.8) is 0 Å². The van der Waals surface area contributed by atoms with Crippen molar-refractivity contribution >= 4 is 6.29 Å². The minimum Gasteiger partial charge on any atom is -0.496 e. The zero-order valence-electron chi connectivity index (χ0n) is 9.79. The Morgan fingerprint density at radius 3 is 2.61 bits per heavy atom. The Kier molecular flexibility index (Phi) is 5.15. The molecule has 1 rings (SSSR count). The second-order valence-electron chi connectivity index (χ2n) is 3.61. The highest BCUT2D eigenvalue weighted by molar-refractivity contribution is 5.75. The van der Waals surface area contributed by atoms with E-state index in [9.17, 15) is 18.0 Å². The minimum atomic E-state index is -4.23. The van der Waals surface area contributed by atoms with Gasteiger partial charge in [0.1, 0.15) is 12.0 Å². The monoisotopic (exact) mass is 262 g/mol. The highest BCUT2D eigenvalue weighted by Gasteiger charge is 2.26. The third-order valence-corrected chi connectivity index (χ3v) is 2.23. The van der Waals surface area contributed by atoms with E-state index in [1.54, 1.807) is 12.1 Å². The largest absolute Gasteiger partial charge is 0.496 e. The van der Waals surface area contributed by atoms with Crippen molar-refractivity contribution in [1.82, 2.24) is 0 Å². The van der Waals surface area contributed by atoms with Crippen LogP contribution in [0.15, 0.2) is 18.2 Å². The van der Waals surface area contributed by atoms with Crippen molar-refractivity contribution in [2.75, 3.05) is 13.7 Å². The van der Waals surface area contributed by atoms with E-state index in [1.807, 2.05) is 0 Å². The van der Waals surface area contributed by atoms with E-state index in [0.717, 1.165) is 0 Å². The van der Waals surface area contributed by atoms with Gasteiger partial charge >= 0.3 is 6.18 Å². The van der Waals surface area contributed by atoms with Crippen LogP contribution in [0.5, 0.6) is 5.75 Å². The van der Waals surface area contributed by atoms with Crippen LogP contribution in [0.25, 0.3) is 0 Å². The zero-order chi connectivity index (χ0) is 13.6. The summed E-state index contributed by atoms with van der Waals surface area (Å²) >= 11 is 0. The molecule has 18 heavy (non-hydrogen) atoms. The van der Waals surface area contributed by atoms with E-state index in [4.69, 9.17) is 9.47 Å². The molecule has 0 saturated heterocycles. The molecule has 0 fully saturated rings. The lowest BCUT2D eigenvalue weighted by molar-refractivity contribution is -0.146. The van der Waals surface area contributed by atoms with Gasteiger partial charge in [0.05, 0.1) is 26.7 Å². The van der Waals surface area contributed by atoms with E-state index in [1.165, 1.54) is 13.2 Å². The maximum Gasteiger partial charge on any atom is 0.391 e. The zero-order valence-corrected chi connectivity index (χ0v) is 9.79. The molecule has 0 saturated carbocycles. The molecule has 100 valence electrons. The Balaban J connectivity index is 2.57. The van der Waals surface area contributed by atoms with E-state index >= 15 is 0 Å². The van der Waals surface area contributed by atoms with Crippen molar-refractivity contribution in [2.24, 2.45) is 0 Å². The Bertz CT molecular complexity index is 402. The summed E-state index contributed by atoms with van der Waals surface area (Å²) in [7, 11) is 1.44. The summed E-state index contributed by atoms with van der Waals surface area (Å²) < 4.78 is 45.6. The van der Waals surface area contributed by atoms with E-state index in [0.29, 0.717) is 23.2 Å². The molecule has 3 nitrogen and oxygen atoms in total. The number of benzene rings is 1. The summed E-state index contributed by atoms with van der Waals surface area (Å²) in [6.45, 7) is -0.446. The van der Waals surface area contributed by atoms with Gasteiger partial charge in [0, 0.05) is 11.1 Å². The smallest absolute Gasteiger partial charge is 0.391 e. The Labute approximate surface area is 103 Å². The average Bonchev–Trinajstić information content (AvgIpc) is 2.33. The van der Waals surface area contributed by atoms with Crippen LogP contribution >= 0.6 is 0 Å². The summed E-state index contributed by atoms with van der Waals surface area (Å²) in [6, 6.07) is 4.66. The van der Waals surface area contributed by atoms with E-state index in [-0.39, 0.29) is 6.61 Å². The third kappa shape index (κ3) is 4.75. The van der Waals surface area contributed by atoms with Crippen molar-refractivity contribution < 1.29 is 27.4 Å². The second-order valence-corrected chi connectivity index (χ2v) is 3.61. The van der Waals surface area contributed by atoms with Crippen LogP contribution in [0.4, 0.5) is 13.2 Å². The highest BCUT2D eigenvalue weighted by atomic mass is 19.4. The lowest BCUT2D eigenvalue weighted by atomic mass is 10.1. The molecule has 0 amide bonds. The Hall–Kier alpha value is -1.56. The van der Waals surface area contributed by atoms with Crippen LogP contribution in [-0.2, 0) is 11.3 Å². The summed E-state index contributed by atoms with van der Waals surface area (Å²) in [5, 5.41) is 0. The van der Waals surface area contributed by atoms with Gasteiger partial charge in [0.25, 0.3) is 0 Å². The van der Waals surface area contributed by atoms with Gasteiger partial charge < -0.3 is 9.47 Å². The molecular formula is C12H13F3O3. The highest BCUT2D eigenvalue weighted by Crippen LogP contribution is 2.22. The van der Waals surface area contributed by atoms with Crippen LogP contribution in [0, 0.1) is 0 Å². The number of alkyl halides is 3. The van der Waals surface area contributed by atoms with Gasteiger partial charge in [-0.3, -0.25) is 4.79 Å². The fraction of sp³-hybridized carbons (Fsp3) is 0.417. The first-order valence-corrected chi connectivity index (χ1v) is 5.23. The topological polar surface area (TPSA) is 35.5 Å². The minimum absolute atomic E-state index is 0.0269. The molecule has 0 N–H and O–H groups in total. The van der Waals surface area contributed by atoms with Crippen LogP contribution in [0.2, 0.25) is 0 Å². The first-order valence-electron chi connectivity index (χ1n) is 5.23. The fourth-order valence-corrected chi connectivity index (χ4v) is 1.35. The van der Waals surface area contributed by atoms with Crippen molar-refractivity contribution in [2.45, 2.75) is 19.2 Å². The number of hydrogen-bond donors (Lipinski definition) is 0. The number of carbonyl (C=O) groups excluding carboxylic acids is 1. The van der Waals surface area contributed by atoms with Crippen molar-refractivity contribution in [3.8, 4) is 5.75 Å². The molecule has 0 unspecified atom stereocenters. The summed E-state index contributed by atoms with van der Waals surface area (Å²) in [6.07, 6.45) is -4.57. The molecular weight excluding hydrogens is 249 g/mol. The fourth-order valence-electron chi connectivity index (χ4n) is 1.35. The number of carbonyl (C=O) groups is 1. The van der Waals surface area contributed by atoms with Crippen LogP contribution in [0.1, 0.15) is 22.3 Å². The predicted octanol–water partition coefficient (Wildman–Crippen LogP) is 2.98. The molecule has 1 aromatic carbocycles. The summed E-state index contributed by atoms with van der Waals surface area (Å²) in [5.74, 6) is 0.479. The molecule has 1 aromatic rings. The summed E-state index contributed by atoms with van der Waals surface area (Å²) in [4.78, 5) is 10.6. The van der Waals surface area contributed by atoms with Gasteiger partial charge in [-0.2, -0.15) is 13.2 Å². The Morgan fingerprint density at radius 1 is 1.33 bits per heavy atom. The quantitative estimate of drug-likeness (QED) is 0.584. The predicted molar refractivity (Wildman–Crippen MR) is 58.7 cm³/mol. The maximum atomic E-state index is 11.9. The lowest BCUT2D eigenvalue weighted by Gasteiger charge is -2.10. The first-order chi connectivity index (χ1) is 8.46. The van der Waals surface area contributed by atoms with E-state index < -0.39 is 19.2 Å². The molecule has 0 radical (unpaired) electrons. The first kappa shape index (κ1) is 14.5. The second kappa shape index (κ2) is 6.39. The Morgan fingerprint density at radius 2 is 2.06 bits per heavy atom. The van der Waals surface area contributed by atoms with Crippen molar-refractivity contribution in [1.29, 1.82) is 0 Å². The van der Waals surface area contributed by atoms with Crippen molar-refractivity contribution in [3.05, 3.63) is 29.3 Å². The SMILES string of the molecule is COc1ccc(C=O)cc1COCCC(F)(F)F. The number of rotatable bonds is 6. The molecule has 0 bridgehead atoms. The molecule has 6 heteroatoms. The number of aldehydes is 1. The third-order valence-electron chi connectivity index (χ3n) is 2.23. The standard InChI is InChI=1S/C12H13F3O3/c1-17-11-3-2-9(7-16)6-10(11)8-18-5-4-12(13,14)15/h2-3,6-7H,4-5,8H2,1H3. The number of halogens is 3. The number of methoxy groups -OCH3 is 1. The van der Waals surface area contributed by atoms with Gasteiger partial charge in [0.2, 0.25) is 0 Å². The number of ether oxygens (including phenoxy) is 2. The van der Waals surface area contributed by atoms with Gasteiger partial charge in [-0.1, -0.05) is 0 Å². The van der Waals surface area contributed by atoms with Crippen LogP contribution < -0.4 is 4.74 Å². The van der Waals surface area contributed by atoms with Gasteiger partial charge in [0.15, 0.2) is 0 Å². The van der Waals surface area contributed by atoms with Crippen LogP contribution in [-0.4, -0.2) is 26.2 Å². The van der Waals surface area contributed by atoms with E-state index in [2.05, 4.69) is 0 Å². The lowest BCUT2D eigenvalue weighted by Crippen LogP contribution is -2.11.